The zero-order chi connectivity index (χ0) is 19.6. The number of pyridine rings is 2. The molecule has 0 aliphatic carbocycles. The van der Waals surface area contributed by atoms with Crippen LogP contribution in [0.25, 0.3) is 11.3 Å². The van der Waals surface area contributed by atoms with Crippen molar-refractivity contribution in [3.8, 4) is 17.1 Å². The van der Waals surface area contributed by atoms with Crippen molar-refractivity contribution >= 4 is 11.6 Å². The molecule has 27 heavy (non-hydrogen) atoms. The van der Waals surface area contributed by atoms with Crippen molar-refractivity contribution in [2.75, 3.05) is 0 Å². The summed E-state index contributed by atoms with van der Waals surface area (Å²) in [4.78, 5) is 7.64. The number of alkyl halides is 3. The summed E-state index contributed by atoms with van der Waals surface area (Å²) < 4.78 is 69.8. The van der Waals surface area contributed by atoms with Gasteiger partial charge in [-0.2, -0.15) is 13.2 Å². The minimum absolute atomic E-state index is 0.0583. The molecule has 3 aromatic rings. The lowest BCUT2D eigenvalue weighted by Gasteiger charge is -2.10. The second-order valence-electron chi connectivity index (χ2n) is 5.47. The first kappa shape index (κ1) is 19.0. The molecule has 0 bridgehead atoms. The highest BCUT2D eigenvalue weighted by Crippen LogP contribution is 2.33. The van der Waals surface area contributed by atoms with Crippen molar-refractivity contribution in [3.05, 3.63) is 76.6 Å². The van der Waals surface area contributed by atoms with E-state index in [0.29, 0.717) is 17.5 Å². The fourth-order valence-electron chi connectivity index (χ4n) is 2.20. The number of nitrogens with zero attached hydrogens (tertiary/aromatic N) is 2. The van der Waals surface area contributed by atoms with E-state index in [4.69, 9.17) is 16.3 Å². The van der Waals surface area contributed by atoms with E-state index >= 15 is 0 Å². The molecule has 0 saturated heterocycles. The molecule has 0 N–H and O–H groups in total. The second-order valence-corrected chi connectivity index (χ2v) is 5.88. The Morgan fingerprint density at radius 2 is 1.74 bits per heavy atom. The van der Waals surface area contributed by atoms with Gasteiger partial charge in [-0.15, -0.1) is 0 Å². The van der Waals surface area contributed by atoms with Crippen LogP contribution in [-0.4, -0.2) is 9.97 Å². The highest BCUT2D eigenvalue weighted by atomic mass is 35.5. The average Bonchev–Trinajstić information content (AvgIpc) is 2.60. The van der Waals surface area contributed by atoms with Crippen LogP contribution in [0.3, 0.4) is 0 Å². The molecule has 2 aromatic heterocycles. The van der Waals surface area contributed by atoms with Gasteiger partial charge in [0.1, 0.15) is 23.3 Å². The first-order chi connectivity index (χ1) is 12.7. The third kappa shape index (κ3) is 4.51. The number of aromatic nitrogens is 2. The first-order valence-corrected chi connectivity index (χ1v) is 7.88. The molecule has 3 nitrogen and oxygen atoms in total. The molecule has 0 unspecified atom stereocenters. The van der Waals surface area contributed by atoms with Gasteiger partial charge in [-0.25, -0.2) is 13.8 Å². The normalized spacial score (nSPS) is 11.5. The molecule has 0 radical (unpaired) electrons. The van der Waals surface area contributed by atoms with E-state index in [-0.39, 0.29) is 23.1 Å². The lowest BCUT2D eigenvalue weighted by Crippen LogP contribution is -2.06. The molecular formula is C18H10ClF5N2O. The van der Waals surface area contributed by atoms with Crippen LogP contribution >= 0.6 is 11.6 Å². The van der Waals surface area contributed by atoms with Gasteiger partial charge in [-0.05, 0) is 24.3 Å². The fraction of sp³-hybridized carbons (Fsp3) is 0.111. The molecule has 0 atom stereocenters. The van der Waals surface area contributed by atoms with Gasteiger partial charge < -0.3 is 4.74 Å². The summed E-state index contributed by atoms with van der Waals surface area (Å²) in [6.45, 7) is -0.0583. The minimum Gasteiger partial charge on any atom is -0.472 e. The number of hydrogen-bond donors (Lipinski definition) is 0. The predicted molar refractivity (Wildman–Crippen MR) is 88.2 cm³/mol. The highest BCUT2D eigenvalue weighted by Gasteiger charge is 2.31. The monoisotopic (exact) mass is 400 g/mol. The summed E-state index contributed by atoms with van der Waals surface area (Å²) in [5.41, 5.74) is 0.00415. The SMILES string of the molecule is Fc1ccc(-c2ccc(COc3ncc(C(F)(F)F)cc3Cl)cn2)c(F)c1. The summed E-state index contributed by atoms with van der Waals surface area (Å²) in [6.07, 6.45) is -2.53. The van der Waals surface area contributed by atoms with E-state index in [9.17, 15) is 22.0 Å². The van der Waals surface area contributed by atoms with Gasteiger partial charge in [0.05, 0.1) is 11.3 Å². The van der Waals surface area contributed by atoms with Crippen LogP contribution in [0.4, 0.5) is 22.0 Å². The second kappa shape index (κ2) is 7.48. The molecule has 0 amide bonds. The molecule has 1 aromatic carbocycles. The highest BCUT2D eigenvalue weighted by molar-refractivity contribution is 6.31. The van der Waals surface area contributed by atoms with Gasteiger partial charge in [0.15, 0.2) is 0 Å². The number of ether oxygens (including phenoxy) is 1. The van der Waals surface area contributed by atoms with Crippen LogP contribution in [0.1, 0.15) is 11.1 Å². The predicted octanol–water partition coefficient (Wildman–Crippen LogP) is 5.67. The van der Waals surface area contributed by atoms with Gasteiger partial charge in [-0.1, -0.05) is 17.7 Å². The first-order valence-electron chi connectivity index (χ1n) is 7.50. The molecular weight excluding hydrogens is 391 g/mol. The average molecular weight is 401 g/mol. The van der Waals surface area contributed by atoms with E-state index in [1.54, 1.807) is 6.07 Å². The lowest BCUT2D eigenvalue weighted by molar-refractivity contribution is -0.137. The van der Waals surface area contributed by atoms with Crippen LogP contribution in [0.15, 0.2) is 48.8 Å². The smallest absolute Gasteiger partial charge is 0.417 e. The van der Waals surface area contributed by atoms with Crippen molar-refractivity contribution in [2.45, 2.75) is 12.8 Å². The third-order valence-corrected chi connectivity index (χ3v) is 3.81. The van der Waals surface area contributed by atoms with E-state index in [1.807, 2.05) is 0 Å². The zero-order valence-corrected chi connectivity index (χ0v) is 14.2. The molecule has 140 valence electrons. The fourth-order valence-corrected chi connectivity index (χ4v) is 2.43. The Hall–Kier alpha value is -2.74. The topological polar surface area (TPSA) is 35.0 Å². The van der Waals surface area contributed by atoms with Crippen molar-refractivity contribution in [1.29, 1.82) is 0 Å². The Bertz CT molecular complexity index is 961. The van der Waals surface area contributed by atoms with Gasteiger partial charge in [0, 0.05) is 29.6 Å². The summed E-state index contributed by atoms with van der Waals surface area (Å²) in [6, 6.07) is 6.97. The summed E-state index contributed by atoms with van der Waals surface area (Å²) in [5.74, 6) is -1.59. The van der Waals surface area contributed by atoms with Gasteiger partial charge >= 0.3 is 6.18 Å². The standard InChI is InChI=1S/C18H10ClF5N2O/c19-14-5-11(18(22,23)24)8-26-17(14)27-9-10-1-4-16(25-7-10)13-3-2-12(20)6-15(13)21/h1-8H,9H2. The Morgan fingerprint density at radius 3 is 2.33 bits per heavy atom. The van der Waals surface area contributed by atoms with Gasteiger partial charge in [0.2, 0.25) is 5.88 Å². The molecule has 3 rings (SSSR count). The van der Waals surface area contributed by atoms with E-state index in [1.165, 1.54) is 18.3 Å². The molecule has 9 heteroatoms. The molecule has 0 aliphatic heterocycles. The quantitative estimate of drug-likeness (QED) is 0.529. The van der Waals surface area contributed by atoms with Crippen LogP contribution < -0.4 is 4.74 Å². The maximum atomic E-state index is 13.8. The summed E-state index contributed by atoms with van der Waals surface area (Å²) >= 11 is 5.76. The number of rotatable bonds is 4. The van der Waals surface area contributed by atoms with Crippen LogP contribution in [0.2, 0.25) is 5.02 Å². The van der Waals surface area contributed by atoms with Crippen molar-refractivity contribution in [1.82, 2.24) is 9.97 Å². The van der Waals surface area contributed by atoms with Crippen molar-refractivity contribution in [2.24, 2.45) is 0 Å². The Labute approximate surface area is 155 Å². The number of benzene rings is 1. The third-order valence-electron chi connectivity index (χ3n) is 3.54. The largest absolute Gasteiger partial charge is 0.472 e. The molecule has 2 heterocycles. The Morgan fingerprint density at radius 1 is 0.963 bits per heavy atom. The molecule has 0 fully saturated rings. The van der Waals surface area contributed by atoms with Gasteiger partial charge in [0.25, 0.3) is 0 Å². The summed E-state index contributed by atoms with van der Waals surface area (Å²) in [7, 11) is 0. The van der Waals surface area contributed by atoms with E-state index in [2.05, 4.69) is 9.97 Å². The van der Waals surface area contributed by atoms with Crippen molar-refractivity contribution < 1.29 is 26.7 Å². The molecule has 0 aliphatic rings. The Balaban J connectivity index is 1.70. The molecule has 0 saturated carbocycles. The minimum atomic E-state index is -4.55. The zero-order valence-electron chi connectivity index (χ0n) is 13.4. The number of halogens is 6. The number of hydrogen-bond acceptors (Lipinski definition) is 3. The van der Waals surface area contributed by atoms with E-state index < -0.39 is 23.4 Å². The summed E-state index contributed by atoms with van der Waals surface area (Å²) in [5, 5.41) is -0.275. The maximum Gasteiger partial charge on any atom is 0.417 e. The maximum absolute atomic E-state index is 13.8. The van der Waals surface area contributed by atoms with Crippen LogP contribution in [0, 0.1) is 11.6 Å². The van der Waals surface area contributed by atoms with Crippen molar-refractivity contribution in [3.63, 3.8) is 0 Å². The molecule has 0 spiro atoms. The van der Waals surface area contributed by atoms with Gasteiger partial charge in [-0.3, -0.25) is 4.98 Å². The van der Waals surface area contributed by atoms with Crippen LogP contribution in [-0.2, 0) is 12.8 Å². The Kier molecular flexibility index (Phi) is 5.27. The van der Waals surface area contributed by atoms with E-state index in [0.717, 1.165) is 18.2 Å². The lowest BCUT2D eigenvalue weighted by atomic mass is 10.1. The van der Waals surface area contributed by atoms with Crippen LogP contribution in [0.5, 0.6) is 5.88 Å².